The Bertz CT molecular complexity index is 1730. The van der Waals surface area contributed by atoms with Gasteiger partial charge in [-0.15, -0.1) is 11.3 Å². The van der Waals surface area contributed by atoms with E-state index >= 15 is 0 Å². The molecule has 2 heterocycles. The second-order valence-electron chi connectivity index (χ2n) is 10.4. The van der Waals surface area contributed by atoms with Crippen LogP contribution in [0.15, 0.2) is 52.4 Å². The molecule has 2 atom stereocenters. The molecule has 1 aromatic heterocycles. The summed E-state index contributed by atoms with van der Waals surface area (Å²) >= 11 is 1.23. The Morgan fingerprint density at radius 2 is 1.93 bits per heavy atom. The van der Waals surface area contributed by atoms with Crippen LogP contribution in [0.5, 0.6) is 5.75 Å². The number of aromatic nitrogens is 1. The van der Waals surface area contributed by atoms with E-state index in [4.69, 9.17) is 10.5 Å². The molecule has 2 amide bonds. The lowest BCUT2D eigenvalue weighted by Gasteiger charge is -2.24. The third kappa shape index (κ3) is 7.08. The summed E-state index contributed by atoms with van der Waals surface area (Å²) in [5, 5.41) is 3.04. The Labute approximate surface area is 260 Å². The quantitative estimate of drug-likeness (QED) is 0.0943. The predicted octanol–water partition coefficient (Wildman–Crippen LogP) is 2.76. The van der Waals surface area contributed by atoms with Gasteiger partial charge in [-0.2, -0.15) is 0 Å². The van der Waals surface area contributed by atoms with E-state index in [2.05, 4.69) is 20.0 Å². The summed E-state index contributed by atoms with van der Waals surface area (Å²) in [6.45, 7) is 6.91. The summed E-state index contributed by atoms with van der Waals surface area (Å²) in [6, 6.07) is 7.22. The fourth-order valence-corrected chi connectivity index (χ4v) is 7.53. The van der Waals surface area contributed by atoms with Gasteiger partial charge in [0.15, 0.2) is 5.01 Å². The Morgan fingerprint density at radius 3 is 2.61 bits per heavy atom. The molecule has 44 heavy (non-hydrogen) atoms. The molecule has 0 radical (unpaired) electrons. The number of benzene rings is 2. The molecule has 2 aromatic carbocycles. The number of ether oxygens (including phenoxy) is 1. The number of thiazole rings is 1. The number of hydrogen-bond donors (Lipinski definition) is 3. The second kappa shape index (κ2) is 13.6. The maximum absolute atomic E-state index is 13.6. The zero-order valence-electron chi connectivity index (χ0n) is 25.2. The zero-order valence-corrected chi connectivity index (χ0v) is 26.8. The first-order valence-corrected chi connectivity index (χ1v) is 16.3. The SMILES string of the molecule is COc1cc(C)c(S(=O)(=O)NC(N)=NCCC[C@H](NC(=O)[C@@H]2C=CCN2C(C)=O)C(=O)c2nc3ccccc3s2)c(C)c1C. The molecule has 3 aromatic rings. The van der Waals surface area contributed by atoms with Gasteiger partial charge < -0.3 is 20.7 Å². The van der Waals surface area contributed by atoms with Crippen LogP contribution in [-0.2, 0) is 19.6 Å². The fourth-order valence-electron chi connectivity index (χ4n) is 5.09. The molecule has 4 rings (SSSR count). The molecule has 0 fully saturated rings. The van der Waals surface area contributed by atoms with Crippen LogP contribution < -0.4 is 20.5 Å². The Hall–Kier alpha value is -4.30. The molecule has 14 heteroatoms. The lowest BCUT2D eigenvalue weighted by Crippen LogP contribution is -2.50. The van der Waals surface area contributed by atoms with Crippen molar-refractivity contribution in [2.75, 3.05) is 20.2 Å². The van der Waals surface area contributed by atoms with Gasteiger partial charge in [-0.1, -0.05) is 24.3 Å². The number of methoxy groups -OCH3 is 1. The number of ketones is 1. The Balaban J connectivity index is 1.47. The summed E-state index contributed by atoms with van der Waals surface area (Å²) in [7, 11) is -2.52. The van der Waals surface area contributed by atoms with Gasteiger partial charge in [0.05, 0.1) is 28.3 Å². The molecule has 1 aliphatic heterocycles. The highest BCUT2D eigenvalue weighted by Gasteiger charge is 2.32. The van der Waals surface area contributed by atoms with Gasteiger partial charge in [0, 0.05) is 20.0 Å². The lowest BCUT2D eigenvalue weighted by molar-refractivity contribution is -0.136. The van der Waals surface area contributed by atoms with Crippen molar-refractivity contribution in [2.45, 2.75) is 57.5 Å². The van der Waals surface area contributed by atoms with Crippen molar-refractivity contribution in [3.05, 3.63) is 64.2 Å². The number of rotatable bonds is 11. The van der Waals surface area contributed by atoms with Gasteiger partial charge in [-0.25, -0.2) is 18.1 Å². The van der Waals surface area contributed by atoms with E-state index in [9.17, 15) is 22.8 Å². The monoisotopic (exact) mass is 640 g/mol. The molecular weight excluding hydrogens is 605 g/mol. The largest absolute Gasteiger partial charge is 0.496 e. The number of nitrogens with zero attached hydrogens (tertiary/aromatic N) is 3. The average Bonchev–Trinajstić information content (AvgIpc) is 3.64. The second-order valence-corrected chi connectivity index (χ2v) is 13.1. The van der Waals surface area contributed by atoms with Crippen molar-refractivity contribution in [2.24, 2.45) is 10.7 Å². The average molecular weight is 641 g/mol. The van der Waals surface area contributed by atoms with Gasteiger partial charge in [0.2, 0.25) is 23.6 Å². The van der Waals surface area contributed by atoms with Crippen molar-refractivity contribution in [1.29, 1.82) is 0 Å². The minimum atomic E-state index is -4.04. The molecule has 234 valence electrons. The molecule has 0 spiro atoms. The van der Waals surface area contributed by atoms with Crippen LogP contribution in [0.2, 0.25) is 0 Å². The van der Waals surface area contributed by atoms with Gasteiger partial charge in [0.25, 0.3) is 10.0 Å². The predicted molar refractivity (Wildman–Crippen MR) is 169 cm³/mol. The molecule has 0 saturated heterocycles. The number of Topliss-reactive ketones (excluding diaryl/α,β-unsaturated/α-hetero) is 1. The topological polar surface area (TPSA) is 173 Å². The molecule has 0 saturated carbocycles. The molecular formula is C30H36N6O6S2. The molecule has 12 nitrogen and oxygen atoms in total. The highest BCUT2D eigenvalue weighted by Crippen LogP contribution is 2.30. The van der Waals surface area contributed by atoms with Crippen LogP contribution in [0.25, 0.3) is 10.2 Å². The van der Waals surface area contributed by atoms with E-state index in [-0.39, 0.29) is 40.5 Å². The van der Waals surface area contributed by atoms with Crippen molar-refractivity contribution >= 4 is 55.1 Å². The standard InChI is InChI=1S/C30H36N6O6S2/c1-17-16-24(42-5)18(2)19(3)27(17)44(40,41)35-30(31)32-14-8-11-22(33-28(39)23-12-9-15-36(23)20(4)37)26(38)29-34-21-10-6-7-13-25(21)43-29/h6-7,9-10,12-13,16,22-23H,8,11,14-15H2,1-5H3,(H,33,39)(H3,31,32,35)/t22-,23-/m0/s1. The highest BCUT2D eigenvalue weighted by molar-refractivity contribution is 7.90. The summed E-state index contributed by atoms with van der Waals surface area (Å²) in [5.74, 6) is -0.824. The number of sulfonamides is 1. The first kappa shape index (κ1) is 32.6. The summed E-state index contributed by atoms with van der Waals surface area (Å²) in [6.07, 6.45) is 3.82. The van der Waals surface area contributed by atoms with Gasteiger partial charge in [0.1, 0.15) is 11.8 Å². The first-order chi connectivity index (χ1) is 20.8. The van der Waals surface area contributed by atoms with Crippen LogP contribution in [0, 0.1) is 20.8 Å². The first-order valence-electron chi connectivity index (χ1n) is 14.0. The number of guanidine groups is 1. The minimum absolute atomic E-state index is 0.0797. The lowest BCUT2D eigenvalue weighted by atomic mass is 10.1. The van der Waals surface area contributed by atoms with Gasteiger partial charge in [-0.3, -0.25) is 19.4 Å². The van der Waals surface area contributed by atoms with Crippen LogP contribution in [0.1, 0.15) is 46.3 Å². The van der Waals surface area contributed by atoms with E-state index in [1.165, 1.54) is 30.3 Å². The molecule has 0 bridgehead atoms. The summed E-state index contributed by atoms with van der Waals surface area (Å²) in [4.78, 5) is 48.8. The minimum Gasteiger partial charge on any atom is -0.496 e. The maximum Gasteiger partial charge on any atom is 0.264 e. The number of para-hydroxylation sites is 1. The highest BCUT2D eigenvalue weighted by atomic mass is 32.2. The van der Waals surface area contributed by atoms with Crippen molar-refractivity contribution in [1.82, 2.24) is 19.9 Å². The number of aliphatic imine (C=N–C) groups is 1. The number of amides is 2. The number of nitrogens with one attached hydrogen (secondary N) is 2. The molecule has 0 aliphatic carbocycles. The number of carbonyl (C=O) groups is 3. The van der Waals surface area contributed by atoms with Gasteiger partial charge >= 0.3 is 0 Å². The third-order valence-corrected chi connectivity index (χ3v) is 10.1. The van der Waals surface area contributed by atoms with Crippen LogP contribution in [-0.4, -0.2) is 74.1 Å². The number of fused-ring (bicyclic) bond motifs is 1. The van der Waals surface area contributed by atoms with Crippen molar-refractivity contribution in [3.63, 3.8) is 0 Å². The van der Waals surface area contributed by atoms with E-state index in [1.54, 1.807) is 45.1 Å². The van der Waals surface area contributed by atoms with Crippen LogP contribution in [0.3, 0.4) is 0 Å². The van der Waals surface area contributed by atoms with E-state index in [0.29, 0.717) is 40.9 Å². The normalized spacial score (nSPS) is 15.8. The maximum atomic E-state index is 13.6. The third-order valence-electron chi connectivity index (χ3n) is 7.41. The van der Waals surface area contributed by atoms with Crippen LogP contribution in [0.4, 0.5) is 0 Å². The van der Waals surface area contributed by atoms with E-state index in [1.807, 2.05) is 18.2 Å². The zero-order chi connectivity index (χ0) is 32.2. The number of nitrogens with two attached hydrogens (primary N) is 1. The number of aryl methyl sites for hydroxylation is 1. The number of carbonyl (C=O) groups excluding carboxylic acids is 3. The smallest absolute Gasteiger partial charge is 0.264 e. The number of hydrogen-bond acceptors (Lipinski definition) is 9. The van der Waals surface area contributed by atoms with Crippen LogP contribution >= 0.6 is 11.3 Å². The van der Waals surface area contributed by atoms with E-state index in [0.717, 1.165) is 4.70 Å². The Morgan fingerprint density at radius 1 is 1.20 bits per heavy atom. The summed E-state index contributed by atoms with van der Waals surface area (Å²) < 4.78 is 34.8. The fraction of sp³-hybridized carbons (Fsp3) is 0.367. The Kier molecular flexibility index (Phi) is 10.0. The molecule has 4 N–H and O–H groups in total. The van der Waals surface area contributed by atoms with E-state index < -0.39 is 28.0 Å². The van der Waals surface area contributed by atoms with Crippen molar-refractivity contribution in [3.8, 4) is 5.75 Å². The molecule has 0 unspecified atom stereocenters. The molecule has 1 aliphatic rings. The van der Waals surface area contributed by atoms with Gasteiger partial charge in [-0.05, 0) is 68.5 Å². The van der Waals surface area contributed by atoms with Crippen molar-refractivity contribution < 1.29 is 27.5 Å². The summed E-state index contributed by atoms with van der Waals surface area (Å²) in [5.41, 5.74) is 8.36.